The van der Waals surface area contributed by atoms with Crippen molar-refractivity contribution in [3.63, 3.8) is 0 Å². The molecule has 1 aromatic heterocycles. The molecule has 1 heterocycles. The van der Waals surface area contributed by atoms with E-state index in [-0.39, 0.29) is 6.54 Å². The third kappa shape index (κ3) is 3.47. The SMILES string of the molecule is FC(F)(F)c1nc2ccccc2n1CCCOc1cccc2ccccc12. The zero-order valence-electron chi connectivity index (χ0n) is 14.4. The van der Waals surface area contributed by atoms with Crippen LogP contribution in [0.2, 0.25) is 0 Å². The standard InChI is InChI=1S/C21H17F3N2O/c22-21(23,24)20-25-17-10-3-4-11-18(17)26(20)13-6-14-27-19-12-5-8-15-7-1-2-9-16(15)19/h1-5,7-12H,6,13-14H2. The van der Waals surface area contributed by atoms with Crippen molar-refractivity contribution >= 4 is 21.8 Å². The van der Waals surface area contributed by atoms with Crippen LogP contribution in [0.5, 0.6) is 5.75 Å². The largest absolute Gasteiger partial charge is 0.493 e. The van der Waals surface area contributed by atoms with E-state index in [1.54, 1.807) is 24.3 Å². The summed E-state index contributed by atoms with van der Waals surface area (Å²) in [5.41, 5.74) is 0.829. The number of hydrogen-bond donors (Lipinski definition) is 0. The van der Waals surface area contributed by atoms with E-state index in [1.165, 1.54) is 4.57 Å². The molecule has 0 aliphatic carbocycles. The monoisotopic (exact) mass is 370 g/mol. The van der Waals surface area contributed by atoms with Gasteiger partial charge in [-0.25, -0.2) is 4.98 Å². The highest BCUT2D eigenvalue weighted by atomic mass is 19.4. The molecule has 4 aromatic rings. The number of alkyl halides is 3. The summed E-state index contributed by atoms with van der Waals surface area (Å²) in [5.74, 6) is -0.131. The summed E-state index contributed by atoms with van der Waals surface area (Å²) >= 11 is 0. The summed E-state index contributed by atoms with van der Waals surface area (Å²) in [6.45, 7) is 0.498. The molecule has 0 saturated heterocycles. The van der Waals surface area contributed by atoms with E-state index in [2.05, 4.69) is 4.98 Å². The van der Waals surface area contributed by atoms with Gasteiger partial charge in [0.2, 0.25) is 5.82 Å². The number of nitrogens with zero attached hydrogens (tertiary/aromatic N) is 2. The number of hydrogen-bond acceptors (Lipinski definition) is 2. The molecule has 6 heteroatoms. The van der Waals surface area contributed by atoms with Gasteiger partial charge >= 0.3 is 6.18 Å². The molecule has 0 saturated carbocycles. The number of fused-ring (bicyclic) bond motifs is 2. The maximum atomic E-state index is 13.3. The third-order valence-electron chi connectivity index (χ3n) is 4.44. The molecule has 0 aliphatic rings. The van der Waals surface area contributed by atoms with Gasteiger partial charge in [0.05, 0.1) is 17.6 Å². The van der Waals surface area contributed by atoms with E-state index in [4.69, 9.17) is 4.74 Å². The quantitative estimate of drug-likeness (QED) is 0.423. The summed E-state index contributed by atoms with van der Waals surface area (Å²) in [7, 11) is 0. The Morgan fingerprint density at radius 1 is 0.889 bits per heavy atom. The molecule has 27 heavy (non-hydrogen) atoms. The fraction of sp³-hybridized carbons (Fsp3) is 0.190. The van der Waals surface area contributed by atoms with Crippen LogP contribution in [0.25, 0.3) is 21.8 Å². The van der Waals surface area contributed by atoms with Crippen LogP contribution in [-0.4, -0.2) is 16.2 Å². The lowest BCUT2D eigenvalue weighted by Gasteiger charge is -2.13. The molecule has 3 aromatic carbocycles. The first-order valence-corrected chi connectivity index (χ1v) is 8.67. The van der Waals surface area contributed by atoms with E-state index < -0.39 is 12.0 Å². The molecule has 0 amide bonds. The number of halogens is 3. The van der Waals surface area contributed by atoms with Crippen LogP contribution in [0.3, 0.4) is 0 Å². The molecule has 0 fully saturated rings. The predicted molar refractivity (Wildman–Crippen MR) is 98.8 cm³/mol. The fourth-order valence-corrected chi connectivity index (χ4v) is 3.24. The summed E-state index contributed by atoms with van der Waals surface area (Å²) in [5, 5.41) is 2.05. The van der Waals surface area contributed by atoms with Crippen molar-refractivity contribution in [3.8, 4) is 5.75 Å². The average molecular weight is 370 g/mol. The molecule has 0 atom stereocenters. The van der Waals surface area contributed by atoms with Gasteiger partial charge in [0.25, 0.3) is 0 Å². The van der Waals surface area contributed by atoms with E-state index in [0.29, 0.717) is 24.1 Å². The fourth-order valence-electron chi connectivity index (χ4n) is 3.24. The number of aryl methyl sites for hydroxylation is 1. The Kier molecular flexibility index (Phi) is 4.48. The van der Waals surface area contributed by atoms with Crippen molar-refractivity contribution in [2.24, 2.45) is 0 Å². The minimum absolute atomic E-state index is 0.181. The maximum Gasteiger partial charge on any atom is 0.449 e. The third-order valence-corrected chi connectivity index (χ3v) is 4.44. The molecule has 0 spiro atoms. The van der Waals surface area contributed by atoms with Crippen molar-refractivity contribution < 1.29 is 17.9 Å². The molecule has 0 unspecified atom stereocenters. The normalized spacial score (nSPS) is 12.0. The van der Waals surface area contributed by atoms with Gasteiger partial charge < -0.3 is 9.30 Å². The van der Waals surface area contributed by atoms with Crippen LogP contribution in [0.4, 0.5) is 13.2 Å². The first kappa shape index (κ1) is 17.4. The van der Waals surface area contributed by atoms with E-state index in [9.17, 15) is 13.2 Å². The Morgan fingerprint density at radius 2 is 1.63 bits per heavy atom. The topological polar surface area (TPSA) is 27.1 Å². The lowest BCUT2D eigenvalue weighted by molar-refractivity contribution is -0.147. The van der Waals surface area contributed by atoms with Gasteiger partial charge in [-0.15, -0.1) is 0 Å². The number of para-hydroxylation sites is 2. The molecule has 0 bridgehead atoms. The van der Waals surface area contributed by atoms with Crippen molar-refractivity contribution in [2.45, 2.75) is 19.1 Å². The molecule has 0 radical (unpaired) electrons. The van der Waals surface area contributed by atoms with Crippen molar-refractivity contribution in [3.05, 3.63) is 72.6 Å². The zero-order chi connectivity index (χ0) is 18.9. The molecule has 4 rings (SSSR count). The number of ether oxygens (including phenoxy) is 1. The Labute approximate surface area is 154 Å². The molecular weight excluding hydrogens is 353 g/mol. The Bertz CT molecular complexity index is 1080. The van der Waals surface area contributed by atoms with Crippen LogP contribution in [0.15, 0.2) is 66.7 Å². The number of benzene rings is 3. The van der Waals surface area contributed by atoms with Gasteiger partial charge in [0.15, 0.2) is 0 Å². The second-order valence-corrected chi connectivity index (χ2v) is 6.25. The highest BCUT2D eigenvalue weighted by Gasteiger charge is 2.37. The Balaban J connectivity index is 1.51. The lowest BCUT2D eigenvalue weighted by Crippen LogP contribution is -2.16. The molecule has 3 nitrogen and oxygen atoms in total. The van der Waals surface area contributed by atoms with Crippen LogP contribution in [-0.2, 0) is 12.7 Å². The molecular formula is C21H17F3N2O. The van der Waals surface area contributed by atoms with Gasteiger partial charge in [-0.05, 0) is 30.0 Å². The van der Waals surface area contributed by atoms with E-state index in [1.807, 2.05) is 42.5 Å². The Morgan fingerprint density at radius 3 is 2.48 bits per heavy atom. The lowest BCUT2D eigenvalue weighted by atomic mass is 10.1. The van der Waals surface area contributed by atoms with Gasteiger partial charge in [0, 0.05) is 11.9 Å². The maximum absolute atomic E-state index is 13.3. The van der Waals surface area contributed by atoms with Crippen LogP contribution >= 0.6 is 0 Å². The van der Waals surface area contributed by atoms with Gasteiger partial charge in [-0.1, -0.05) is 48.5 Å². The van der Waals surface area contributed by atoms with Crippen LogP contribution in [0, 0.1) is 0 Å². The summed E-state index contributed by atoms with van der Waals surface area (Å²) < 4.78 is 47.0. The van der Waals surface area contributed by atoms with Gasteiger partial charge in [0.1, 0.15) is 5.75 Å². The summed E-state index contributed by atoms with van der Waals surface area (Å²) in [6.07, 6.45) is -4.05. The van der Waals surface area contributed by atoms with Crippen molar-refractivity contribution in [2.75, 3.05) is 6.61 Å². The highest BCUT2D eigenvalue weighted by molar-refractivity contribution is 5.88. The van der Waals surface area contributed by atoms with E-state index >= 15 is 0 Å². The van der Waals surface area contributed by atoms with Crippen LogP contribution < -0.4 is 4.74 Å². The second-order valence-electron chi connectivity index (χ2n) is 6.25. The Hall–Kier alpha value is -3.02. The molecule has 138 valence electrons. The number of imidazole rings is 1. The van der Waals surface area contributed by atoms with E-state index in [0.717, 1.165) is 16.5 Å². The van der Waals surface area contributed by atoms with Crippen molar-refractivity contribution in [1.82, 2.24) is 9.55 Å². The molecule has 0 N–H and O–H groups in total. The predicted octanol–water partition coefficient (Wildman–Crippen LogP) is 5.68. The zero-order valence-corrected chi connectivity index (χ0v) is 14.4. The minimum Gasteiger partial charge on any atom is -0.493 e. The van der Waals surface area contributed by atoms with Gasteiger partial charge in [-0.3, -0.25) is 0 Å². The van der Waals surface area contributed by atoms with Crippen molar-refractivity contribution in [1.29, 1.82) is 0 Å². The summed E-state index contributed by atoms with van der Waals surface area (Å²) in [6, 6.07) is 20.3. The smallest absolute Gasteiger partial charge is 0.449 e. The van der Waals surface area contributed by atoms with Crippen LogP contribution in [0.1, 0.15) is 12.2 Å². The average Bonchev–Trinajstić information content (AvgIpc) is 3.04. The second kappa shape index (κ2) is 6.95. The highest BCUT2D eigenvalue weighted by Crippen LogP contribution is 2.31. The molecule has 0 aliphatic heterocycles. The number of aromatic nitrogens is 2. The first-order chi connectivity index (χ1) is 13.0. The van der Waals surface area contributed by atoms with Gasteiger partial charge in [-0.2, -0.15) is 13.2 Å². The first-order valence-electron chi connectivity index (χ1n) is 8.67. The summed E-state index contributed by atoms with van der Waals surface area (Å²) in [4.78, 5) is 3.76. The number of rotatable bonds is 5. The minimum atomic E-state index is -4.49.